The molecule has 1 N–H and O–H groups in total. The van der Waals surface area contributed by atoms with Crippen LogP contribution in [0.4, 0.5) is 5.69 Å². The topological polar surface area (TPSA) is 78.4 Å². The molecule has 1 atom stereocenters. The Bertz CT molecular complexity index is 1080. The van der Waals surface area contributed by atoms with Gasteiger partial charge in [0, 0.05) is 6.21 Å². The number of hydrogen-bond acceptors (Lipinski definition) is 4. The molecule has 1 heterocycles. The minimum atomic E-state index is -0.513. The number of aromatic nitrogens is 1. The van der Waals surface area contributed by atoms with Gasteiger partial charge in [0.25, 0.3) is 5.56 Å². The molecule has 134 valence electrons. The number of benzene rings is 2. The van der Waals surface area contributed by atoms with Crippen molar-refractivity contribution in [3.63, 3.8) is 0 Å². The lowest BCUT2D eigenvalue weighted by Crippen LogP contribution is -2.28. The molecular weight excluding hydrogens is 338 g/mol. The molecule has 0 spiro atoms. The van der Waals surface area contributed by atoms with Gasteiger partial charge in [0.2, 0.25) is 5.88 Å². The highest BCUT2D eigenvalue weighted by atomic mass is 16.3. The third-order valence-corrected chi connectivity index (χ3v) is 4.56. The van der Waals surface area contributed by atoms with Crippen LogP contribution in [0.25, 0.3) is 0 Å². The van der Waals surface area contributed by atoms with Gasteiger partial charge in [0.05, 0.1) is 17.3 Å². The van der Waals surface area contributed by atoms with Gasteiger partial charge in [0.1, 0.15) is 11.6 Å². The van der Waals surface area contributed by atoms with Gasteiger partial charge in [-0.1, -0.05) is 48.5 Å². The molecule has 0 aliphatic rings. The van der Waals surface area contributed by atoms with Crippen LogP contribution in [0.15, 0.2) is 70.5 Å². The average molecular weight is 357 g/mol. The average Bonchev–Trinajstić information content (AvgIpc) is 2.69. The quantitative estimate of drug-likeness (QED) is 0.714. The predicted octanol–water partition coefficient (Wildman–Crippen LogP) is 4.09. The van der Waals surface area contributed by atoms with Gasteiger partial charge >= 0.3 is 0 Å². The van der Waals surface area contributed by atoms with Crippen LogP contribution in [0.5, 0.6) is 5.88 Å². The molecule has 5 nitrogen and oxygen atoms in total. The van der Waals surface area contributed by atoms with E-state index in [9.17, 15) is 15.2 Å². The van der Waals surface area contributed by atoms with Crippen LogP contribution in [0.1, 0.15) is 35.2 Å². The number of aliphatic imine (C=N–C) groups is 1. The van der Waals surface area contributed by atoms with Crippen LogP contribution in [-0.2, 0) is 0 Å². The van der Waals surface area contributed by atoms with Crippen molar-refractivity contribution in [2.24, 2.45) is 4.99 Å². The number of para-hydroxylation sites is 1. The van der Waals surface area contributed by atoms with E-state index < -0.39 is 11.6 Å². The first kappa shape index (κ1) is 18.2. The molecule has 1 aromatic heterocycles. The van der Waals surface area contributed by atoms with Crippen molar-refractivity contribution in [1.82, 2.24) is 4.57 Å². The first-order valence-electron chi connectivity index (χ1n) is 8.56. The summed E-state index contributed by atoms with van der Waals surface area (Å²) in [5.74, 6) is -0.201. The molecule has 0 saturated heterocycles. The normalized spacial score (nSPS) is 12.0. The molecule has 0 bridgehead atoms. The number of hydrogen-bond donors (Lipinski definition) is 1. The molecule has 3 rings (SSSR count). The van der Waals surface area contributed by atoms with E-state index >= 15 is 0 Å². The van der Waals surface area contributed by atoms with Gasteiger partial charge in [-0.2, -0.15) is 5.26 Å². The van der Waals surface area contributed by atoms with Crippen molar-refractivity contribution in [3.05, 3.63) is 93.3 Å². The van der Waals surface area contributed by atoms with Crippen LogP contribution >= 0.6 is 0 Å². The maximum absolute atomic E-state index is 12.8. The fourth-order valence-corrected chi connectivity index (χ4v) is 2.99. The Morgan fingerprint density at radius 3 is 2.30 bits per heavy atom. The number of nitriles is 1. The van der Waals surface area contributed by atoms with Gasteiger partial charge in [-0.3, -0.25) is 14.4 Å². The molecule has 0 fully saturated rings. The number of aromatic hydroxyl groups is 1. The first-order chi connectivity index (χ1) is 13.0. The second kappa shape index (κ2) is 7.71. The van der Waals surface area contributed by atoms with Crippen LogP contribution in [0.2, 0.25) is 0 Å². The second-order valence-electron chi connectivity index (χ2n) is 6.20. The fourth-order valence-electron chi connectivity index (χ4n) is 2.99. The van der Waals surface area contributed by atoms with Gasteiger partial charge in [-0.05, 0) is 37.1 Å². The van der Waals surface area contributed by atoms with E-state index in [0.29, 0.717) is 16.8 Å². The Hall–Kier alpha value is -3.65. The predicted molar refractivity (Wildman–Crippen MR) is 106 cm³/mol. The maximum atomic E-state index is 12.8. The van der Waals surface area contributed by atoms with E-state index in [1.165, 1.54) is 10.8 Å². The monoisotopic (exact) mass is 357 g/mol. The summed E-state index contributed by atoms with van der Waals surface area (Å²) < 4.78 is 1.24. The van der Waals surface area contributed by atoms with E-state index in [0.717, 1.165) is 5.56 Å². The minimum Gasteiger partial charge on any atom is -0.494 e. The van der Waals surface area contributed by atoms with Crippen molar-refractivity contribution in [2.75, 3.05) is 0 Å². The van der Waals surface area contributed by atoms with Crippen LogP contribution < -0.4 is 5.56 Å². The lowest BCUT2D eigenvalue weighted by Gasteiger charge is -2.20. The molecule has 0 radical (unpaired) electrons. The Kier molecular flexibility index (Phi) is 5.18. The third kappa shape index (κ3) is 3.51. The molecule has 0 saturated carbocycles. The lowest BCUT2D eigenvalue weighted by atomic mass is 10.0. The summed E-state index contributed by atoms with van der Waals surface area (Å²) in [5, 5.41) is 20.3. The number of rotatable bonds is 4. The summed E-state index contributed by atoms with van der Waals surface area (Å²) in [6.45, 7) is 3.45. The van der Waals surface area contributed by atoms with E-state index in [1.54, 1.807) is 6.92 Å². The molecule has 0 aliphatic heterocycles. The number of nitrogens with zero attached hydrogens (tertiary/aromatic N) is 3. The zero-order valence-electron chi connectivity index (χ0n) is 15.1. The molecule has 2 aromatic carbocycles. The molecule has 1 unspecified atom stereocenters. The van der Waals surface area contributed by atoms with E-state index in [1.807, 2.05) is 73.7 Å². The largest absolute Gasteiger partial charge is 0.494 e. The molecule has 0 amide bonds. The minimum absolute atomic E-state index is 0.00472. The van der Waals surface area contributed by atoms with Crippen LogP contribution in [0, 0.1) is 18.3 Å². The summed E-state index contributed by atoms with van der Waals surface area (Å²) in [6, 6.07) is 20.2. The second-order valence-corrected chi connectivity index (χ2v) is 6.20. The zero-order chi connectivity index (χ0) is 19.4. The highest BCUT2D eigenvalue weighted by molar-refractivity contribution is 5.87. The first-order valence-corrected chi connectivity index (χ1v) is 8.56. The molecule has 3 aromatic rings. The zero-order valence-corrected chi connectivity index (χ0v) is 15.1. The van der Waals surface area contributed by atoms with E-state index in [4.69, 9.17) is 0 Å². The summed E-state index contributed by atoms with van der Waals surface area (Å²) in [7, 11) is 0. The van der Waals surface area contributed by atoms with Crippen molar-refractivity contribution < 1.29 is 5.11 Å². The summed E-state index contributed by atoms with van der Waals surface area (Å²) in [5.41, 5.74) is 1.83. The van der Waals surface area contributed by atoms with Gasteiger partial charge in [-0.25, -0.2) is 0 Å². The highest BCUT2D eigenvalue weighted by Gasteiger charge is 2.22. The standard InChI is InChI=1S/C22H19N3O2/c1-15-19(13-23)21(26)25(16(2)17-9-5-3-6-10-17)22(27)20(15)14-24-18-11-7-4-8-12-18/h3-12,14,16,27H,1-2H3. The molecule has 27 heavy (non-hydrogen) atoms. The van der Waals surface area contributed by atoms with Crippen molar-refractivity contribution in [2.45, 2.75) is 19.9 Å². The van der Waals surface area contributed by atoms with Crippen molar-refractivity contribution >= 4 is 11.9 Å². The molecule has 5 heteroatoms. The Morgan fingerprint density at radius 2 is 1.70 bits per heavy atom. The van der Waals surface area contributed by atoms with Crippen LogP contribution in [-0.4, -0.2) is 15.9 Å². The highest BCUT2D eigenvalue weighted by Crippen LogP contribution is 2.27. The number of pyridine rings is 1. The molecule has 0 aliphatic carbocycles. The summed E-state index contributed by atoms with van der Waals surface area (Å²) >= 11 is 0. The van der Waals surface area contributed by atoms with Crippen LogP contribution in [0.3, 0.4) is 0 Å². The maximum Gasteiger partial charge on any atom is 0.272 e. The Morgan fingerprint density at radius 1 is 1.11 bits per heavy atom. The van der Waals surface area contributed by atoms with Gasteiger partial charge in [0.15, 0.2) is 0 Å². The smallest absolute Gasteiger partial charge is 0.272 e. The summed E-state index contributed by atoms with van der Waals surface area (Å²) in [4.78, 5) is 17.2. The van der Waals surface area contributed by atoms with Crippen molar-refractivity contribution in [3.8, 4) is 11.9 Å². The van der Waals surface area contributed by atoms with Crippen molar-refractivity contribution in [1.29, 1.82) is 5.26 Å². The SMILES string of the molecule is Cc1c(C=Nc2ccccc2)c(O)n(C(C)c2ccccc2)c(=O)c1C#N. The van der Waals surface area contributed by atoms with Gasteiger partial charge < -0.3 is 5.11 Å². The Labute approximate surface area is 157 Å². The van der Waals surface area contributed by atoms with Gasteiger partial charge in [-0.15, -0.1) is 0 Å². The Balaban J connectivity index is 2.19. The molecular formula is C22H19N3O2. The third-order valence-electron chi connectivity index (χ3n) is 4.56. The summed E-state index contributed by atoms with van der Waals surface area (Å²) in [6.07, 6.45) is 1.49. The van der Waals surface area contributed by atoms with E-state index in [-0.39, 0.29) is 11.4 Å². The fraction of sp³-hybridized carbons (Fsp3) is 0.136. The van der Waals surface area contributed by atoms with E-state index in [2.05, 4.69) is 4.99 Å². The lowest BCUT2D eigenvalue weighted by molar-refractivity contribution is 0.393.